The molecule has 1 amide bonds. The highest BCUT2D eigenvalue weighted by molar-refractivity contribution is 6.05. The maximum Gasteiger partial charge on any atom is 0.433 e. The second kappa shape index (κ2) is 8.70. The van der Waals surface area contributed by atoms with Gasteiger partial charge < -0.3 is 10.4 Å². The molecule has 0 atom stereocenters. The van der Waals surface area contributed by atoms with E-state index in [2.05, 4.69) is 20.5 Å². The van der Waals surface area contributed by atoms with Crippen molar-refractivity contribution in [2.75, 3.05) is 5.32 Å². The van der Waals surface area contributed by atoms with Crippen LogP contribution in [0.3, 0.4) is 0 Å². The molecule has 1 aliphatic rings. The maximum atomic E-state index is 13.1. The molecule has 37 heavy (non-hydrogen) atoms. The van der Waals surface area contributed by atoms with Gasteiger partial charge in [0.15, 0.2) is 0 Å². The van der Waals surface area contributed by atoms with Crippen LogP contribution in [0.5, 0.6) is 0 Å². The molecular weight excluding hydrogens is 487 g/mol. The lowest BCUT2D eigenvalue weighted by Gasteiger charge is -2.42. The summed E-state index contributed by atoms with van der Waals surface area (Å²) in [6, 6.07) is 8.52. The largest absolute Gasteiger partial charge is 0.433 e. The Labute approximate surface area is 209 Å². The van der Waals surface area contributed by atoms with Crippen molar-refractivity contribution in [1.29, 1.82) is 5.26 Å². The van der Waals surface area contributed by atoms with Crippen LogP contribution in [0.1, 0.15) is 54.5 Å². The third kappa shape index (κ3) is 4.77. The van der Waals surface area contributed by atoms with Gasteiger partial charge in [0, 0.05) is 17.8 Å². The van der Waals surface area contributed by atoms with E-state index in [4.69, 9.17) is 0 Å². The van der Waals surface area contributed by atoms with Gasteiger partial charge in [-0.2, -0.15) is 28.6 Å². The third-order valence-corrected chi connectivity index (χ3v) is 6.60. The van der Waals surface area contributed by atoms with Crippen molar-refractivity contribution in [3.8, 4) is 11.8 Å². The lowest BCUT2D eigenvalue weighted by molar-refractivity contribution is -0.141. The van der Waals surface area contributed by atoms with Gasteiger partial charge in [0.05, 0.1) is 40.3 Å². The zero-order valence-electron chi connectivity index (χ0n) is 19.9. The summed E-state index contributed by atoms with van der Waals surface area (Å²) in [4.78, 5) is 16.4. The molecular formula is C25H22F3N7O2. The number of amides is 1. The van der Waals surface area contributed by atoms with Gasteiger partial charge in [-0.15, -0.1) is 0 Å². The van der Waals surface area contributed by atoms with Crippen LogP contribution >= 0.6 is 0 Å². The fourth-order valence-corrected chi connectivity index (χ4v) is 4.35. The summed E-state index contributed by atoms with van der Waals surface area (Å²) in [6.07, 6.45) is 1.49. The van der Waals surface area contributed by atoms with E-state index in [9.17, 15) is 28.3 Å². The first-order valence-electron chi connectivity index (χ1n) is 11.5. The first kappa shape index (κ1) is 24.5. The Bertz CT molecular complexity index is 1540. The van der Waals surface area contributed by atoms with Gasteiger partial charge in [0.2, 0.25) is 0 Å². The monoisotopic (exact) mass is 509 g/mol. The molecule has 1 fully saturated rings. The summed E-state index contributed by atoms with van der Waals surface area (Å²) in [6.45, 7) is 3.57. The van der Waals surface area contributed by atoms with Crippen LogP contribution in [-0.2, 0) is 6.18 Å². The molecule has 0 spiro atoms. The average molecular weight is 509 g/mol. The normalized spacial score (nSPS) is 17.9. The van der Waals surface area contributed by atoms with E-state index in [-0.39, 0.29) is 23.2 Å². The van der Waals surface area contributed by atoms with Gasteiger partial charge in [0.25, 0.3) is 5.91 Å². The molecule has 3 heterocycles. The number of nitriles is 1. The number of aliphatic hydroxyl groups is 1. The Morgan fingerprint density at radius 1 is 1.22 bits per heavy atom. The molecule has 1 aromatic carbocycles. The highest BCUT2D eigenvalue weighted by atomic mass is 19.4. The van der Waals surface area contributed by atoms with E-state index in [1.165, 1.54) is 23.1 Å². The van der Waals surface area contributed by atoms with Crippen molar-refractivity contribution in [1.82, 2.24) is 24.5 Å². The van der Waals surface area contributed by atoms with Crippen LogP contribution in [0.2, 0.25) is 0 Å². The standard InChI is InChI=1S/C25H22F3N7O2/c1-24(2,37)16-7-17(8-16)34-13-15-6-20(21(9-19(15)33-34)35-12-14(10-29)11-30-35)32-23(36)18-4-3-5-22(31-18)25(26,27)28/h3-6,9,11-13,16-17,37H,7-8H2,1-2H3,(H,32,36)/t16-,17-. The van der Waals surface area contributed by atoms with Crippen molar-refractivity contribution < 1.29 is 23.1 Å². The summed E-state index contributed by atoms with van der Waals surface area (Å²) in [5.41, 5.74) is -0.826. The summed E-state index contributed by atoms with van der Waals surface area (Å²) in [5.74, 6) is -0.678. The van der Waals surface area contributed by atoms with Gasteiger partial charge >= 0.3 is 6.18 Å². The van der Waals surface area contributed by atoms with Gasteiger partial charge in [-0.05, 0) is 56.9 Å². The fraction of sp³-hybridized carbons (Fsp3) is 0.320. The molecule has 1 aliphatic carbocycles. The van der Waals surface area contributed by atoms with E-state index in [1.807, 2.05) is 16.9 Å². The molecule has 0 saturated heterocycles. The Kier molecular flexibility index (Phi) is 5.75. The molecule has 4 aromatic rings. The van der Waals surface area contributed by atoms with Crippen LogP contribution < -0.4 is 5.32 Å². The van der Waals surface area contributed by atoms with Crippen LogP contribution in [0.25, 0.3) is 16.6 Å². The number of nitrogens with zero attached hydrogens (tertiary/aromatic N) is 6. The molecule has 190 valence electrons. The molecule has 3 aromatic heterocycles. The van der Waals surface area contributed by atoms with E-state index in [1.54, 1.807) is 26.0 Å². The predicted octanol–water partition coefficient (Wildman–Crippen LogP) is 4.48. The molecule has 12 heteroatoms. The van der Waals surface area contributed by atoms with E-state index in [0.29, 0.717) is 16.6 Å². The number of alkyl halides is 3. The number of halogens is 3. The third-order valence-electron chi connectivity index (χ3n) is 6.60. The maximum absolute atomic E-state index is 13.1. The smallest absolute Gasteiger partial charge is 0.390 e. The van der Waals surface area contributed by atoms with Crippen LogP contribution in [0, 0.1) is 17.2 Å². The molecule has 1 saturated carbocycles. The second-order valence-electron chi connectivity index (χ2n) is 9.66. The number of rotatable bonds is 5. The quantitative estimate of drug-likeness (QED) is 0.409. The number of fused-ring (bicyclic) bond motifs is 1. The minimum atomic E-state index is -4.69. The van der Waals surface area contributed by atoms with Gasteiger partial charge in [-0.1, -0.05) is 6.07 Å². The lowest BCUT2D eigenvalue weighted by atomic mass is 9.71. The van der Waals surface area contributed by atoms with Gasteiger partial charge in [0.1, 0.15) is 17.5 Å². The minimum Gasteiger partial charge on any atom is -0.390 e. The number of pyridine rings is 1. The van der Waals surface area contributed by atoms with E-state index in [0.717, 1.165) is 25.0 Å². The van der Waals surface area contributed by atoms with Crippen LogP contribution in [0.15, 0.2) is 48.9 Å². The number of hydrogen-bond donors (Lipinski definition) is 2. The number of benzene rings is 1. The fourth-order valence-electron chi connectivity index (χ4n) is 4.35. The Morgan fingerprint density at radius 2 is 1.97 bits per heavy atom. The summed E-state index contributed by atoms with van der Waals surface area (Å²) in [7, 11) is 0. The first-order chi connectivity index (χ1) is 17.4. The number of nitrogens with one attached hydrogen (secondary N) is 1. The summed E-state index contributed by atoms with van der Waals surface area (Å²) >= 11 is 0. The average Bonchev–Trinajstić information content (AvgIpc) is 3.42. The highest BCUT2D eigenvalue weighted by Crippen LogP contribution is 2.44. The number of anilines is 1. The molecule has 0 radical (unpaired) electrons. The van der Waals surface area contributed by atoms with Crippen molar-refractivity contribution in [3.05, 3.63) is 65.9 Å². The molecule has 5 rings (SSSR count). The molecule has 2 N–H and O–H groups in total. The minimum absolute atomic E-state index is 0.106. The predicted molar refractivity (Wildman–Crippen MR) is 127 cm³/mol. The number of carbonyl (C=O) groups is 1. The highest BCUT2D eigenvalue weighted by Gasteiger charge is 2.40. The Balaban J connectivity index is 1.51. The topological polar surface area (TPSA) is 122 Å². The zero-order valence-corrected chi connectivity index (χ0v) is 19.9. The van der Waals surface area contributed by atoms with Crippen LogP contribution in [-0.4, -0.2) is 41.2 Å². The zero-order chi connectivity index (χ0) is 26.5. The second-order valence-corrected chi connectivity index (χ2v) is 9.66. The van der Waals surface area contributed by atoms with Gasteiger partial charge in [-0.3, -0.25) is 9.48 Å². The van der Waals surface area contributed by atoms with Crippen molar-refractivity contribution in [3.63, 3.8) is 0 Å². The first-order valence-corrected chi connectivity index (χ1v) is 11.5. The SMILES string of the molecule is CC(C)(O)[C@H]1C[C@H](n2cc3cc(NC(=O)c4cccc(C(F)(F)F)n4)c(-n4cc(C#N)cn4)cc3n2)C1. The summed E-state index contributed by atoms with van der Waals surface area (Å²) in [5, 5.41) is 31.6. The molecule has 9 nitrogen and oxygen atoms in total. The number of carbonyl (C=O) groups excluding carboxylic acids is 1. The van der Waals surface area contributed by atoms with Crippen molar-refractivity contribution in [2.24, 2.45) is 5.92 Å². The van der Waals surface area contributed by atoms with E-state index < -0.39 is 29.1 Å². The lowest BCUT2D eigenvalue weighted by Crippen LogP contribution is -2.41. The van der Waals surface area contributed by atoms with Crippen molar-refractivity contribution in [2.45, 2.75) is 44.5 Å². The molecule has 0 bridgehead atoms. The molecule has 0 unspecified atom stereocenters. The number of hydrogen-bond acceptors (Lipinski definition) is 6. The Morgan fingerprint density at radius 3 is 2.62 bits per heavy atom. The van der Waals surface area contributed by atoms with Crippen molar-refractivity contribution >= 4 is 22.5 Å². The number of aromatic nitrogens is 5. The van der Waals surface area contributed by atoms with Gasteiger partial charge in [-0.25, -0.2) is 9.67 Å². The van der Waals surface area contributed by atoms with Crippen LogP contribution in [0.4, 0.5) is 18.9 Å². The molecule has 0 aliphatic heterocycles. The Hall–Kier alpha value is -4.24. The van der Waals surface area contributed by atoms with E-state index >= 15 is 0 Å². The summed E-state index contributed by atoms with van der Waals surface area (Å²) < 4.78 is 42.5.